The predicted octanol–water partition coefficient (Wildman–Crippen LogP) is 1.78. The van der Waals surface area contributed by atoms with Crippen molar-refractivity contribution in [3.63, 3.8) is 0 Å². The summed E-state index contributed by atoms with van der Waals surface area (Å²) in [5.41, 5.74) is 1.42. The number of hydrogen-bond donors (Lipinski definition) is 2. The molecule has 3 amide bonds. The summed E-state index contributed by atoms with van der Waals surface area (Å²) >= 11 is 0. The van der Waals surface area contributed by atoms with Crippen molar-refractivity contribution in [1.29, 1.82) is 0 Å². The highest BCUT2D eigenvalue weighted by Crippen LogP contribution is 2.47. The van der Waals surface area contributed by atoms with Gasteiger partial charge < -0.3 is 15.5 Å². The summed E-state index contributed by atoms with van der Waals surface area (Å²) in [6, 6.07) is 10.6. The summed E-state index contributed by atoms with van der Waals surface area (Å²) in [6.07, 6.45) is 4.91. The van der Waals surface area contributed by atoms with Crippen LogP contribution in [0.1, 0.15) is 37.7 Å². The zero-order chi connectivity index (χ0) is 15.9. The third kappa shape index (κ3) is 3.05. The fourth-order valence-electron chi connectivity index (χ4n) is 3.56. The average molecular weight is 313 g/mol. The molecule has 1 aromatic carbocycles. The van der Waals surface area contributed by atoms with Gasteiger partial charge in [0.15, 0.2) is 0 Å². The first-order chi connectivity index (χ1) is 11.2. The van der Waals surface area contributed by atoms with Crippen LogP contribution in [0, 0.1) is 0 Å². The molecule has 4 rings (SSSR count). The minimum atomic E-state index is -0.150. The molecule has 5 heteroatoms. The van der Waals surface area contributed by atoms with Gasteiger partial charge in [-0.3, -0.25) is 4.79 Å². The molecule has 3 fully saturated rings. The van der Waals surface area contributed by atoms with Gasteiger partial charge in [0.25, 0.3) is 0 Å². The standard InChI is InChI=1S/C18H23N3O2/c22-16-10-14(11-21(16)15-6-7-15)20-17(23)19-12-18(8-9-18)13-4-2-1-3-5-13/h1-5,14-15H,6-12H2,(H2,19,20,23)/t14-/m0/s1. The quantitative estimate of drug-likeness (QED) is 0.870. The Kier molecular flexibility index (Phi) is 3.51. The molecule has 0 radical (unpaired) electrons. The Labute approximate surface area is 136 Å². The summed E-state index contributed by atoms with van der Waals surface area (Å²) in [5, 5.41) is 5.97. The number of rotatable bonds is 5. The van der Waals surface area contributed by atoms with Gasteiger partial charge in [-0.25, -0.2) is 4.79 Å². The Bertz CT molecular complexity index is 608. The number of urea groups is 1. The molecule has 0 bridgehead atoms. The van der Waals surface area contributed by atoms with Gasteiger partial charge in [-0.1, -0.05) is 30.3 Å². The van der Waals surface area contributed by atoms with Gasteiger partial charge >= 0.3 is 6.03 Å². The molecule has 1 atom stereocenters. The van der Waals surface area contributed by atoms with Crippen molar-refractivity contribution >= 4 is 11.9 Å². The maximum atomic E-state index is 12.2. The lowest BCUT2D eigenvalue weighted by molar-refractivity contribution is -0.128. The Balaban J connectivity index is 1.27. The molecule has 23 heavy (non-hydrogen) atoms. The lowest BCUT2D eigenvalue weighted by atomic mass is 9.96. The number of likely N-dealkylation sites (tertiary alicyclic amines) is 1. The van der Waals surface area contributed by atoms with Crippen LogP contribution in [0.3, 0.4) is 0 Å². The number of carbonyl (C=O) groups is 2. The second kappa shape index (κ2) is 5.55. The normalized spacial score (nSPS) is 25.3. The first kappa shape index (κ1) is 14.5. The summed E-state index contributed by atoms with van der Waals surface area (Å²) in [7, 11) is 0. The zero-order valence-corrected chi connectivity index (χ0v) is 13.3. The third-order valence-electron chi connectivity index (χ3n) is 5.31. The highest BCUT2D eigenvalue weighted by molar-refractivity contribution is 5.82. The van der Waals surface area contributed by atoms with E-state index < -0.39 is 0 Å². The van der Waals surface area contributed by atoms with Crippen molar-refractivity contribution in [1.82, 2.24) is 15.5 Å². The van der Waals surface area contributed by atoms with E-state index in [1.807, 2.05) is 23.1 Å². The van der Waals surface area contributed by atoms with Gasteiger partial charge in [-0.05, 0) is 31.2 Å². The predicted molar refractivity (Wildman–Crippen MR) is 87.0 cm³/mol. The van der Waals surface area contributed by atoms with Gasteiger partial charge in [0.2, 0.25) is 5.91 Å². The van der Waals surface area contributed by atoms with Crippen LogP contribution in [0.5, 0.6) is 0 Å². The van der Waals surface area contributed by atoms with Crippen LogP contribution < -0.4 is 10.6 Å². The van der Waals surface area contributed by atoms with Gasteiger partial charge in [0, 0.05) is 31.0 Å². The van der Waals surface area contributed by atoms with Crippen molar-refractivity contribution in [2.45, 2.75) is 49.6 Å². The van der Waals surface area contributed by atoms with Gasteiger partial charge in [0.05, 0.1) is 6.04 Å². The Hall–Kier alpha value is -2.04. The van der Waals surface area contributed by atoms with Gasteiger partial charge in [0.1, 0.15) is 0 Å². The first-order valence-electron chi connectivity index (χ1n) is 8.56. The SMILES string of the molecule is O=C(NCC1(c2ccccc2)CC1)N[C@H]1CC(=O)N(C2CC2)C1. The van der Waals surface area contributed by atoms with Crippen LogP contribution in [0.2, 0.25) is 0 Å². The molecule has 2 saturated carbocycles. The van der Waals surface area contributed by atoms with E-state index in [-0.39, 0.29) is 23.4 Å². The van der Waals surface area contributed by atoms with Crippen molar-refractivity contribution in [3.8, 4) is 0 Å². The number of nitrogens with one attached hydrogen (secondary N) is 2. The smallest absolute Gasteiger partial charge is 0.315 e. The van der Waals surface area contributed by atoms with E-state index in [2.05, 4.69) is 22.8 Å². The molecule has 1 aliphatic heterocycles. The van der Waals surface area contributed by atoms with E-state index in [1.54, 1.807) is 0 Å². The average Bonchev–Trinajstić information content (AvgIpc) is 3.47. The largest absolute Gasteiger partial charge is 0.338 e. The molecule has 1 aromatic rings. The zero-order valence-electron chi connectivity index (χ0n) is 13.3. The lowest BCUT2D eigenvalue weighted by Gasteiger charge is -2.19. The lowest BCUT2D eigenvalue weighted by Crippen LogP contribution is -2.45. The molecule has 122 valence electrons. The van der Waals surface area contributed by atoms with Crippen molar-refractivity contribution < 1.29 is 9.59 Å². The maximum absolute atomic E-state index is 12.2. The molecule has 5 nitrogen and oxygen atoms in total. The van der Waals surface area contributed by atoms with Crippen LogP contribution in [-0.2, 0) is 10.2 Å². The molecule has 1 heterocycles. The minimum Gasteiger partial charge on any atom is -0.338 e. The molecule has 0 aromatic heterocycles. The number of carbonyl (C=O) groups excluding carboxylic acids is 2. The molecule has 2 N–H and O–H groups in total. The van der Waals surface area contributed by atoms with Crippen LogP contribution in [-0.4, -0.2) is 42.0 Å². The Morgan fingerprint density at radius 2 is 1.96 bits per heavy atom. The fraction of sp³-hybridized carbons (Fsp3) is 0.556. The second-order valence-electron chi connectivity index (χ2n) is 7.15. The molecule has 0 unspecified atom stereocenters. The number of benzene rings is 1. The topological polar surface area (TPSA) is 61.4 Å². The maximum Gasteiger partial charge on any atom is 0.315 e. The number of nitrogens with zero attached hydrogens (tertiary/aromatic N) is 1. The Morgan fingerprint density at radius 1 is 1.22 bits per heavy atom. The van der Waals surface area contributed by atoms with Crippen LogP contribution in [0.4, 0.5) is 4.79 Å². The van der Waals surface area contributed by atoms with E-state index in [9.17, 15) is 9.59 Å². The summed E-state index contributed by atoms with van der Waals surface area (Å²) in [5.74, 6) is 0.181. The molecular weight excluding hydrogens is 290 g/mol. The summed E-state index contributed by atoms with van der Waals surface area (Å²) < 4.78 is 0. The van der Waals surface area contributed by atoms with Crippen molar-refractivity contribution in [2.24, 2.45) is 0 Å². The fourth-order valence-corrected chi connectivity index (χ4v) is 3.56. The van der Waals surface area contributed by atoms with Gasteiger partial charge in [-0.2, -0.15) is 0 Å². The van der Waals surface area contributed by atoms with Crippen LogP contribution in [0.25, 0.3) is 0 Å². The molecule has 3 aliphatic rings. The Morgan fingerprint density at radius 3 is 2.61 bits per heavy atom. The van der Waals surface area contributed by atoms with E-state index in [4.69, 9.17) is 0 Å². The monoisotopic (exact) mass is 313 g/mol. The van der Waals surface area contributed by atoms with Crippen LogP contribution >= 0.6 is 0 Å². The summed E-state index contributed by atoms with van der Waals surface area (Å²) in [4.78, 5) is 26.0. The third-order valence-corrected chi connectivity index (χ3v) is 5.31. The molecule has 0 spiro atoms. The van der Waals surface area contributed by atoms with E-state index in [0.29, 0.717) is 25.6 Å². The molecule has 2 aliphatic carbocycles. The van der Waals surface area contributed by atoms with E-state index >= 15 is 0 Å². The van der Waals surface area contributed by atoms with Crippen molar-refractivity contribution in [2.75, 3.05) is 13.1 Å². The summed E-state index contributed by atoms with van der Waals surface area (Å²) in [6.45, 7) is 1.33. The molecule has 1 saturated heterocycles. The van der Waals surface area contributed by atoms with E-state index in [1.165, 1.54) is 5.56 Å². The number of amides is 3. The number of hydrogen-bond acceptors (Lipinski definition) is 2. The van der Waals surface area contributed by atoms with Crippen molar-refractivity contribution in [3.05, 3.63) is 35.9 Å². The minimum absolute atomic E-state index is 0.0463. The second-order valence-corrected chi connectivity index (χ2v) is 7.15. The van der Waals surface area contributed by atoms with Crippen LogP contribution in [0.15, 0.2) is 30.3 Å². The van der Waals surface area contributed by atoms with E-state index in [0.717, 1.165) is 25.7 Å². The first-order valence-corrected chi connectivity index (χ1v) is 8.56. The van der Waals surface area contributed by atoms with Gasteiger partial charge in [-0.15, -0.1) is 0 Å². The molecular formula is C18H23N3O2. The highest BCUT2D eigenvalue weighted by atomic mass is 16.2. The highest BCUT2D eigenvalue weighted by Gasteiger charge is 2.44.